The van der Waals surface area contributed by atoms with E-state index >= 15 is 0 Å². The monoisotopic (exact) mass is 691 g/mol. The van der Waals surface area contributed by atoms with E-state index in [9.17, 15) is 14.7 Å². The van der Waals surface area contributed by atoms with E-state index in [4.69, 9.17) is 9.47 Å². The van der Waals surface area contributed by atoms with Gasteiger partial charge >= 0.3 is 11.9 Å². The van der Waals surface area contributed by atoms with Gasteiger partial charge in [-0.1, -0.05) is 192 Å². The Morgan fingerprint density at radius 3 is 1.24 bits per heavy atom. The van der Waals surface area contributed by atoms with E-state index in [0.29, 0.717) is 12.8 Å². The minimum Gasteiger partial charge on any atom is -0.462 e. The van der Waals surface area contributed by atoms with Crippen LogP contribution >= 0.6 is 0 Å². The Hall–Kier alpha value is -1.62. The van der Waals surface area contributed by atoms with Crippen LogP contribution in [0.25, 0.3) is 0 Å². The molecule has 0 aliphatic heterocycles. The Labute approximate surface area is 304 Å². The molecule has 0 saturated carbocycles. The van der Waals surface area contributed by atoms with Gasteiger partial charge in [-0.25, -0.2) is 0 Å². The number of esters is 2. The van der Waals surface area contributed by atoms with Gasteiger partial charge in [0.05, 0.1) is 6.61 Å². The third kappa shape index (κ3) is 39.0. The lowest BCUT2D eigenvalue weighted by atomic mass is 10.0. The fraction of sp³-hybridized carbons (Fsp3) is 0.864. The van der Waals surface area contributed by atoms with Gasteiger partial charge in [-0.2, -0.15) is 0 Å². The molecule has 1 N–H and O–H groups in total. The summed E-state index contributed by atoms with van der Waals surface area (Å²) in [5, 5.41) is 9.57. The average molecular weight is 691 g/mol. The van der Waals surface area contributed by atoms with Gasteiger partial charge in [0, 0.05) is 12.8 Å². The van der Waals surface area contributed by atoms with Gasteiger partial charge in [-0.15, -0.1) is 0 Å². The molecule has 0 radical (unpaired) electrons. The van der Waals surface area contributed by atoms with Gasteiger partial charge in [0.25, 0.3) is 0 Å². The molecule has 288 valence electrons. The van der Waals surface area contributed by atoms with E-state index in [0.717, 1.165) is 44.9 Å². The van der Waals surface area contributed by atoms with Gasteiger partial charge in [-0.05, 0) is 44.9 Å². The van der Waals surface area contributed by atoms with Crippen molar-refractivity contribution >= 4 is 11.9 Å². The quantitative estimate of drug-likeness (QED) is 0.0395. The maximum atomic E-state index is 12.2. The maximum Gasteiger partial charge on any atom is 0.306 e. The highest BCUT2D eigenvalue weighted by Crippen LogP contribution is 2.15. The number of aliphatic hydroxyl groups excluding tert-OH is 1. The number of hydrogen-bond donors (Lipinski definition) is 1. The third-order valence-corrected chi connectivity index (χ3v) is 9.50. The zero-order chi connectivity index (χ0) is 35.7. The minimum absolute atomic E-state index is 0.0635. The zero-order valence-corrected chi connectivity index (χ0v) is 32.7. The number of carbonyl (C=O) groups excluding carboxylic acids is 2. The molecule has 0 aromatic rings. The van der Waals surface area contributed by atoms with Crippen molar-refractivity contribution in [2.75, 3.05) is 13.2 Å². The molecule has 0 heterocycles. The average Bonchev–Trinajstić information content (AvgIpc) is 3.10. The number of aliphatic hydroxyl groups is 1. The van der Waals surface area contributed by atoms with E-state index in [1.54, 1.807) is 0 Å². The predicted molar refractivity (Wildman–Crippen MR) is 210 cm³/mol. The van der Waals surface area contributed by atoms with Crippen molar-refractivity contribution in [1.82, 2.24) is 0 Å². The lowest BCUT2D eigenvalue weighted by Crippen LogP contribution is -2.28. The van der Waals surface area contributed by atoms with Crippen LogP contribution in [0.2, 0.25) is 0 Å². The van der Waals surface area contributed by atoms with Crippen LogP contribution in [0.3, 0.4) is 0 Å². The van der Waals surface area contributed by atoms with Crippen molar-refractivity contribution in [3.05, 3.63) is 24.3 Å². The van der Waals surface area contributed by atoms with Crippen molar-refractivity contribution in [2.45, 2.75) is 232 Å². The number of rotatable bonds is 39. The van der Waals surface area contributed by atoms with Crippen molar-refractivity contribution in [1.29, 1.82) is 0 Å². The molecule has 0 amide bonds. The number of unbranched alkanes of at least 4 members (excludes halogenated alkanes) is 27. The summed E-state index contributed by atoms with van der Waals surface area (Å²) < 4.78 is 10.6. The van der Waals surface area contributed by atoms with Gasteiger partial charge < -0.3 is 14.6 Å². The first-order valence-corrected chi connectivity index (χ1v) is 21.4. The second-order valence-corrected chi connectivity index (χ2v) is 14.4. The van der Waals surface area contributed by atoms with Crippen LogP contribution in [-0.4, -0.2) is 36.4 Å². The first kappa shape index (κ1) is 47.4. The molecule has 0 spiro atoms. The smallest absolute Gasteiger partial charge is 0.306 e. The summed E-state index contributed by atoms with van der Waals surface area (Å²) in [6.07, 6.45) is 48.1. The fourth-order valence-corrected chi connectivity index (χ4v) is 6.23. The second kappa shape index (κ2) is 40.8. The molecule has 0 aromatic heterocycles. The summed E-state index contributed by atoms with van der Waals surface area (Å²) in [5.41, 5.74) is 0. The molecular weight excluding hydrogens is 608 g/mol. The second-order valence-electron chi connectivity index (χ2n) is 14.4. The van der Waals surface area contributed by atoms with E-state index in [1.165, 1.54) is 154 Å². The van der Waals surface area contributed by atoms with Crippen molar-refractivity contribution < 1.29 is 24.2 Å². The first-order chi connectivity index (χ1) is 24.1. The summed E-state index contributed by atoms with van der Waals surface area (Å²) in [6.45, 7) is 4.13. The minimum atomic E-state index is -0.768. The molecule has 1 atom stereocenters. The molecule has 0 rings (SSSR count). The number of ether oxygens (including phenoxy) is 2. The molecule has 5 heteroatoms. The molecule has 0 bridgehead atoms. The van der Waals surface area contributed by atoms with Crippen LogP contribution in [0.4, 0.5) is 0 Å². The largest absolute Gasteiger partial charge is 0.462 e. The Bertz CT molecular complexity index is 746. The van der Waals surface area contributed by atoms with Crippen molar-refractivity contribution in [3.8, 4) is 0 Å². The van der Waals surface area contributed by atoms with Gasteiger partial charge in [0.15, 0.2) is 6.10 Å². The van der Waals surface area contributed by atoms with Gasteiger partial charge in [0.1, 0.15) is 6.61 Å². The molecule has 49 heavy (non-hydrogen) atoms. The molecule has 5 nitrogen and oxygen atoms in total. The normalized spacial score (nSPS) is 12.3. The number of hydrogen-bond acceptors (Lipinski definition) is 5. The highest BCUT2D eigenvalue weighted by atomic mass is 16.6. The zero-order valence-electron chi connectivity index (χ0n) is 32.7. The van der Waals surface area contributed by atoms with Crippen LogP contribution in [-0.2, 0) is 19.1 Å². The topological polar surface area (TPSA) is 72.8 Å². The molecule has 0 unspecified atom stereocenters. The summed E-state index contributed by atoms with van der Waals surface area (Å²) in [7, 11) is 0. The Balaban J connectivity index is 3.51. The first-order valence-electron chi connectivity index (χ1n) is 21.4. The van der Waals surface area contributed by atoms with Crippen LogP contribution in [0.15, 0.2) is 24.3 Å². The van der Waals surface area contributed by atoms with Crippen LogP contribution < -0.4 is 0 Å². The third-order valence-electron chi connectivity index (χ3n) is 9.50. The van der Waals surface area contributed by atoms with E-state index in [2.05, 4.69) is 38.2 Å². The van der Waals surface area contributed by atoms with Gasteiger partial charge in [0.2, 0.25) is 0 Å². The Kier molecular flexibility index (Phi) is 39.5. The molecule has 0 fully saturated rings. The maximum absolute atomic E-state index is 12.2. The molecular formula is C44H82O5. The molecule has 0 aliphatic rings. The highest BCUT2D eigenvalue weighted by molar-refractivity contribution is 5.70. The lowest BCUT2D eigenvalue weighted by molar-refractivity contribution is -0.161. The number of carbonyl (C=O) groups is 2. The van der Waals surface area contributed by atoms with E-state index < -0.39 is 6.10 Å². The summed E-state index contributed by atoms with van der Waals surface area (Å²) >= 11 is 0. The van der Waals surface area contributed by atoms with Crippen LogP contribution in [0.1, 0.15) is 226 Å². The number of allylic oxidation sites excluding steroid dienone is 4. The Morgan fingerprint density at radius 1 is 0.469 bits per heavy atom. The highest BCUT2D eigenvalue weighted by Gasteiger charge is 2.16. The molecule has 0 saturated heterocycles. The lowest BCUT2D eigenvalue weighted by Gasteiger charge is -2.15. The summed E-state index contributed by atoms with van der Waals surface area (Å²) in [4.78, 5) is 24.3. The van der Waals surface area contributed by atoms with Gasteiger partial charge in [-0.3, -0.25) is 9.59 Å². The molecule has 0 aliphatic carbocycles. The summed E-state index contributed by atoms with van der Waals surface area (Å²) in [5.74, 6) is -0.585. The fourth-order valence-electron chi connectivity index (χ4n) is 6.23. The van der Waals surface area contributed by atoms with Crippen molar-refractivity contribution in [3.63, 3.8) is 0 Å². The van der Waals surface area contributed by atoms with E-state index in [1.807, 2.05) is 0 Å². The van der Waals surface area contributed by atoms with Crippen molar-refractivity contribution in [2.24, 2.45) is 0 Å². The van der Waals surface area contributed by atoms with E-state index in [-0.39, 0.29) is 25.2 Å². The van der Waals surface area contributed by atoms with Crippen LogP contribution in [0.5, 0.6) is 0 Å². The van der Waals surface area contributed by atoms with Crippen LogP contribution in [0, 0.1) is 0 Å². The SMILES string of the molecule is CCCCC/C=C/C/C=C/CCCCCCCCCCCC(=O)OC[C@H](CO)OC(=O)CCCCCCCCCCCCCCCCCC. The molecule has 0 aromatic carbocycles. The Morgan fingerprint density at radius 2 is 0.816 bits per heavy atom. The predicted octanol–water partition coefficient (Wildman–Crippen LogP) is 13.5. The summed E-state index contributed by atoms with van der Waals surface area (Å²) in [6, 6.07) is 0. The standard InChI is InChI=1S/C44H82O5/c1-3-5-7-9-11-13-15-17-19-21-22-23-25-26-28-30-32-34-36-38-43(46)48-41-42(40-45)49-44(47)39-37-35-33-31-29-27-24-20-18-16-14-12-10-8-6-4-2/h11,13,17,19,42,45H,3-10,12,14-16,18,20-41H2,1-2H3/b13-11+,19-17+/t42-/m0/s1.